The Morgan fingerprint density at radius 3 is 2.41 bits per heavy atom. The van der Waals surface area contributed by atoms with Gasteiger partial charge in [-0.15, -0.1) is 0 Å². The summed E-state index contributed by atoms with van der Waals surface area (Å²) >= 11 is 5.97. The molecule has 2 aromatic carbocycles. The summed E-state index contributed by atoms with van der Waals surface area (Å²) in [5, 5.41) is 4.55. The predicted octanol–water partition coefficient (Wildman–Crippen LogP) is 5.56. The molecule has 0 aliphatic heterocycles. The summed E-state index contributed by atoms with van der Waals surface area (Å²) < 4.78 is 16.6. The molecule has 32 heavy (non-hydrogen) atoms. The van der Waals surface area contributed by atoms with E-state index < -0.39 is 5.82 Å². The molecule has 0 aliphatic rings. The van der Waals surface area contributed by atoms with Gasteiger partial charge in [-0.2, -0.15) is 5.10 Å². The molecule has 8 heteroatoms. The molecule has 5 rings (SSSR count). The lowest BCUT2D eigenvalue weighted by atomic mass is 10.1. The highest BCUT2D eigenvalue weighted by molar-refractivity contribution is 6.30. The molecule has 0 fully saturated rings. The van der Waals surface area contributed by atoms with E-state index in [4.69, 9.17) is 16.6 Å². The molecule has 6 nitrogen and oxygen atoms in total. The van der Waals surface area contributed by atoms with Gasteiger partial charge in [-0.3, -0.25) is 4.68 Å². The number of aryl methyl sites for hydroxylation is 3. The van der Waals surface area contributed by atoms with E-state index in [9.17, 15) is 4.39 Å². The lowest BCUT2D eigenvalue weighted by molar-refractivity contribution is 0.631. The Hall–Kier alpha value is -3.71. The van der Waals surface area contributed by atoms with Crippen LogP contribution >= 0.6 is 11.6 Å². The molecule has 0 unspecified atom stereocenters. The largest absolute Gasteiger partial charge is 0.275 e. The molecule has 0 bridgehead atoms. The SMILES string of the molecule is Cc1nc2nc(-c3cccc(-c4cnn(C)c4)c3)nc(-c3ccc(Cl)cc3F)c2nc1C. The second-order valence-electron chi connectivity index (χ2n) is 7.57. The first-order valence-corrected chi connectivity index (χ1v) is 10.3. The third-order valence-electron chi connectivity index (χ3n) is 5.29. The van der Waals surface area contributed by atoms with Crippen molar-refractivity contribution < 1.29 is 4.39 Å². The Balaban J connectivity index is 1.75. The topological polar surface area (TPSA) is 69.4 Å². The summed E-state index contributed by atoms with van der Waals surface area (Å²) in [5.74, 6) is -0.0438. The molecule has 0 N–H and O–H groups in total. The van der Waals surface area contributed by atoms with Crippen molar-refractivity contribution >= 4 is 22.8 Å². The zero-order valence-electron chi connectivity index (χ0n) is 17.6. The van der Waals surface area contributed by atoms with E-state index in [-0.39, 0.29) is 0 Å². The third kappa shape index (κ3) is 3.61. The van der Waals surface area contributed by atoms with Crippen molar-refractivity contribution in [2.75, 3.05) is 0 Å². The van der Waals surface area contributed by atoms with E-state index in [2.05, 4.69) is 20.1 Å². The third-order valence-corrected chi connectivity index (χ3v) is 5.52. The first-order valence-electron chi connectivity index (χ1n) is 9.97. The second-order valence-corrected chi connectivity index (χ2v) is 8.01. The highest BCUT2D eigenvalue weighted by Gasteiger charge is 2.18. The maximum absolute atomic E-state index is 14.9. The average Bonchev–Trinajstić information content (AvgIpc) is 3.21. The monoisotopic (exact) mass is 444 g/mol. The number of benzene rings is 2. The molecule has 158 valence electrons. The molecule has 0 saturated heterocycles. The van der Waals surface area contributed by atoms with Crippen molar-refractivity contribution in [3.63, 3.8) is 0 Å². The van der Waals surface area contributed by atoms with Gasteiger partial charge in [-0.25, -0.2) is 24.3 Å². The van der Waals surface area contributed by atoms with Gasteiger partial charge in [-0.05, 0) is 43.7 Å². The molecule has 5 aromatic rings. The molecule has 0 radical (unpaired) electrons. The van der Waals surface area contributed by atoms with Crippen LogP contribution in [-0.4, -0.2) is 29.7 Å². The van der Waals surface area contributed by atoms with Crippen LogP contribution in [0.5, 0.6) is 0 Å². The molecule has 0 amide bonds. The van der Waals surface area contributed by atoms with Gasteiger partial charge in [-0.1, -0.05) is 29.8 Å². The van der Waals surface area contributed by atoms with Crippen LogP contribution in [0, 0.1) is 19.7 Å². The van der Waals surface area contributed by atoms with Crippen LogP contribution in [0.3, 0.4) is 0 Å². The standard InChI is InChI=1S/C24H18ClFN6/c1-13-14(2)29-24-22(28-13)21(19-8-7-18(25)10-20(19)26)30-23(31-24)16-6-4-5-15(9-16)17-11-27-32(3)12-17/h4-12H,1-3H3. The van der Waals surface area contributed by atoms with Gasteiger partial charge < -0.3 is 0 Å². The van der Waals surface area contributed by atoms with Gasteiger partial charge in [0.15, 0.2) is 11.5 Å². The smallest absolute Gasteiger partial charge is 0.182 e. The van der Waals surface area contributed by atoms with Crippen LogP contribution in [0.2, 0.25) is 5.02 Å². The van der Waals surface area contributed by atoms with Crippen LogP contribution in [0.1, 0.15) is 11.4 Å². The molecule has 0 aliphatic carbocycles. The Bertz CT molecular complexity index is 1490. The van der Waals surface area contributed by atoms with Gasteiger partial charge in [0.2, 0.25) is 0 Å². The Labute approximate surface area is 188 Å². The van der Waals surface area contributed by atoms with E-state index in [1.54, 1.807) is 23.0 Å². The van der Waals surface area contributed by atoms with Gasteiger partial charge in [0.1, 0.15) is 17.0 Å². The predicted molar refractivity (Wildman–Crippen MR) is 123 cm³/mol. The van der Waals surface area contributed by atoms with Crippen LogP contribution < -0.4 is 0 Å². The van der Waals surface area contributed by atoms with Crippen molar-refractivity contribution in [1.82, 2.24) is 29.7 Å². The van der Waals surface area contributed by atoms with E-state index in [0.717, 1.165) is 28.1 Å². The van der Waals surface area contributed by atoms with Crippen molar-refractivity contribution in [2.45, 2.75) is 13.8 Å². The van der Waals surface area contributed by atoms with Crippen LogP contribution in [0.4, 0.5) is 4.39 Å². The first-order chi connectivity index (χ1) is 15.4. The van der Waals surface area contributed by atoms with Crippen molar-refractivity contribution in [3.05, 3.63) is 77.1 Å². The molecule has 3 aromatic heterocycles. The van der Waals surface area contributed by atoms with Crippen molar-refractivity contribution in [3.8, 4) is 33.8 Å². The Kier molecular flexibility index (Phi) is 4.90. The normalized spacial score (nSPS) is 11.3. The fourth-order valence-corrected chi connectivity index (χ4v) is 3.68. The summed E-state index contributed by atoms with van der Waals surface area (Å²) in [4.78, 5) is 18.6. The molecule has 0 atom stereocenters. The number of nitrogens with zero attached hydrogens (tertiary/aromatic N) is 6. The molecular formula is C24H18ClFN6. The highest BCUT2D eigenvalue weighted by Crippen LogP contribution is 2.32. The number of hydrogen-bond acceptors (Lipinski definition) is 5. The number of rotatable bonds is 3. The minimum absolute atomic E-state index is 0.295. The zero-order valence-corrected chi connectivity index (χ0v) is 18.4. The van der Waals surface area contributed by atoms with Gasteiger partial charge in [0.05, 0.1) is 17.6 Å². The number of halogens is 2. The lowest BCUT2D eigenvalue weighted by Crippen LogP contribution is -2.02. The average molecular weight is 445 g/mol. The summed E-state index contributed by atoms with van der Waals surface area (Å²) in [6, 6.07) is 12.3. The fourth-order valence-electron chi connectivity index (χ4n) is 3.52. The van der Waals surface area contributed by atoms with Gasteiger partial charge in [0, 0.05) is 35.0 Å². The number of hydrogen-bond donors (Lipinski definition) is 0. The summed E-state index contributed by atoms with van der Waals surface area (Å²) in [5.41, 5.74) is 5.76. The lowest BCUT2D eigenvalue weighted by Gasteiger charge is -2.11. The maximum Gasteiger partial charge on any atom is 0.182 e. The quantitative estimate of drug-likeness (QED) is 0.364. The number of aromatic nitrogens is 6. The minimum atomic E-state index is -0.479. The number of fused-ring (bicyclic) bond motifs is 1. The van der Waals surface area contributed by atoms with Crippen molar-refractivity contribution in [1.29, 1.82) is 0 Å². The van der Waals surface area contributed by atoms with E-state index in [1.807, 2.05) is 51.4 Å². The maximum atomic E-state index is 14.9. The summed E-state index contributed by atoms with van der Waals surface area (Å²) in [6.07, 6.45) is 3.74. The van der Waals surface area contributed by atoms with E-state index >= 15 is 0 Å². The van der Waals surface area contributed by atoms with Gasteiger partial charge in [0.25, 0.3) is 0 Å². The molecule has 3 heterocycles. The van der Waals surface area contributed by atoms with E-state index in [0.29, 0.717) is 33.3 Å². The van der Waals surface area contributed by atoms with Gasteiger partial charge >= 0.3 is 0 Å². The van der Waals surface area contributed by atoms with Crippen molar-refractivity contribution in [2.24, 2.45) is 7.05 Å². The summed E-state index contributed by atoms with van der Waals surface area (Å²) in [7, 11) is 1.87. The Morgan fingerprint density at radius 1 is 0.875 bits per heavy atom. The molecular weight excluding hydrogens is 427 g/mol. The fraction of sp³-hybridized carbons (Fsp3) is 0.125. The highest BCUT2D eigenvalue weighted by atomic mass is 35.5. The van der Waals surface area contributed by atoms with E-state index in [1.165, 1.54) is 6.07 Å². The Morgan fingerprint density at radius 2 is 1.66 bits per heavy atom. The van der Waals surface area contributed by atoms with Crippen LogP contribution in [0.15, 0.2) is 54.9 Å². The molecule has 0 spiro atoms. The first kappa shape index (κ1) is 20.2. The zero-order chi connectivity index (χ0) is 22.4. The second kappa shape index (κ2) is 7.76. The minimum Gasteiger partial charge on any atom is -0.275 e. The van der Waals surface area contributed by atoms with Crippen LogP contribution in [0.25, 0.3) is 44.9 Å². The summed E-state index contributed by atoms with van der Waals surface area (Å²) in [6.45, 7) is 3.73. The van der Waals surface area contributed by atoms with Crippen LogP contribution in [-0.2, 0) is 7.05 Å². The molecule has 0 saturated carbocycles.